The number of carbonyl (C=O) groups is 1. The summed E-state index contributed by atoms with van der Waals surface area (Å²) in [6, 6.07) is 1.09. The minimum atomic E-state index is 0.358. The topological polar surface area (TPSA) is 32.3 Å². The van der Waals surface area contributed by atoms with Crippen LogP contribution in [-0.4, -0.2) is 36.0 Å². The average Bonchev–Trinajstić information content (AvgIpc) is 3.09. The molecule has 3 heteroatoms. The molecule has 1 saturated carbocycles. The molecule has 3 rings (SSSR count). The van der Waals surface area contributed by atoms with Gasteiger partial charge >= 0.3 is 0 Å². The lowest BCUT2D eigenvalue weighted by Gasteiger charge is -2.31. The predicted octanol–water partition coefficient (Wildman–Crippen LogP) is 1.92. The number of carbonyl (C=O) groups excluding carboxylic acids is 1. The maximum atomic E-state index is 12.5. The van der Waals surface area contributed by atoms with Crippen molar-refractivity contribution in [3.8, 4) is 0 Å². The average molecular weight is 236 g/mol. The van der Waals surface area contributed by atoms with Crippen LogP contribution in [0.25, 0.3) is 0 Å². The number of hydrogen-bond acceptors (Lipinski definition) is 2. The van der Waals surface area contributed by atoms with E-state index in [1.165, 1.54) is 38.5 Å². The summed E-state index contributed by atoms with van der Waals surface area (Å²) in [6.07, 6.45) is 9.77. The molecule has 0 spiro atoms. The molecule has 2 atom stereocenters. The van der Waals surface area contributed by atoms with Gasteiger partial charge in [-0.05, 0) is 45.1 Å². The Hall–Kier alpha value is -0.570. The Labute approximate surface area is 104 Å². The standard InChI is InChI=1S/C14H24N2O/c17-14(11-5-1-2-6-11)16-10-4-8-13(16)12-7-3-9-15-12/h11-13,15H,1-10H2. The number of amides is 1. The highest BCUT2D eigenvalue weighted by Gasteiger charge is 2.38. The van der Waals surface area contributed by atoms with Crippen LogP contribution in [0.1, 0.15) is 51.4 Å². The molecule has 2 unspecified atom stereocenters. The molecule has 0 bridgehead atoms. The second-order valence-electron chi connectivity index (χ2n) is 5.93. The molecular weight excluding hydrogens is 212 g/mol. The van der Waals surface area contributed by atoms with Crippen LogP contribution < -0.4 is 5.32 Å². The van der Waals surface area contributed by atoms with E-state index in [4.69, 9.17) is 0 Å². The zero-order valence-corrected chi connectivity index (χ0v) is 10.7. The summed E-state index contributed by atoms with van der Waals surface area (Å²) in [4.78, 5) is 14.7. The molecule has 17 heavy (non-hydrogen) atoms. The van der Waals surface area contributed by atoms with Crippen LogP contribution in [0, 0.1) is 5.92 Å². The van der Waals surface area contributed by atoms with Gasteiger partial charge in [-0.2, -0.15) is 0 Å². The molecule has 1 N–H and O–H groups in total. The zero-order valence-electron chi connectivity index (χ0n) is 10.7. The van der Waals surface area contributed by atoms with Gasteiger partial charge in [-0.15, -0.1) is 0 Å². The van der Waals surface area contributed by atoms with Crippen molar-refractivity contribution in [2.24, 2.45) is 5.92 Å². The Morgan fingerprint density at radius 2 is 1.82 bits per heavy atom. The zero-order chi connectivity index (χ0) is 11.7. The Morgan fingerprint density at radius 3 is 2.53 bits per heavy atom. The Morgan fingerprint density at radius 1 is 1.00 bits per heavy atom. The first kappa shape index (κ1) is 11.5. The molecular formula is C14H24N2O. The molecule has 96 valence electrons. The van der Waals surface area contributed by atoms with Crippen LogP contribution >= 0.6 is 0 Å². The summed E-state index contributed by atoms with van der Waals surface area (Å²) in [5.41, 5.74) is 0. The maximum absolute atomic E-state index is 12.5. The second-order valence-corrected chi connectivity index (χ2v) is 5.93. The highest BCUT2D eigenvalue weighted by molar-refractivity contribution is 5.79. The smallest absolute Gasteiger partial charge is 0.225 e. The number of hydrogen-bond donors (Lipinski definition) is 1. The van der Waals surface area contributed by atoms with E-state index in [0.29, 0.717) is 23.9 Å². The summed E-state index contributed by atoms with van der Waals surface area (Å²) >= 11 is 0. The molecule has 0 aromatic carbocycles. The van der Waals surface area contributed by atoms with E-state index in [9.17, 15) is 4.79 Å². The van der Waals surface area contributed by atoms with E-state index in [1.54, 1.807) is 0 Å². The van der Waals surface area contributed by atoms with Crippen LogP contribution in [0.2, 0.25) is 0 Å². The minimum Gasteiger partial charge on any atom is -0.338 e. The van der Waals surface area contributed by atoms with E-state index in [1.807, 2.05) is 0 Å². The van der Waals surface area contributed by atoms with Crippen molar-refractivity contribution in [3.63, 3.8) is 0 Å². The molecule has 0 radical (unpaired) electrons. The van der Waals surface area contributed by atoms with Crippen LogP contribution in [0.5, 0.6) is 0 Å². The summed E-state index contributed by atoms with van der Waals surface area (Å²) in [7, 11) is 0. The summed E-state index contributed by atoms with van der Waals surface area (Å²) in [6.45, 7) is 2.16. The van der Waals surface area contributed by atoms with Crippen molar-refractivity contribution in [2.75, 3.05) is 13.1 Å². The van der Waals surface area contributed by atoms with Crippen molar-refractivity contribution in [1.82, 2.24) is 10.2 Å². The third-order valence-electron chi connectivity index (χ3n) is 4.85. The maximum Gasteiger partial charge on any atom is 0.225 e. The quantitative estimate of drug-likeness (QED) is 0.794. The van der Waals surface area contributed by atoms with Crippen LogP contribution in [0.15, 0.2) is 0 Å². The highest BCUT2D eigenvalue weighted by Crippen LogP contribution is 2.31. The molecule has 3 aliphatic rings. The SMILES string of the molecule is O=C(C1CCCC1)N1CCCC1C1CCCN1. The minimum absolute atomic E-state index is 0.358. The molecule has 1 aliphatic carbocycles. The fraction of sp³-hybridized carbons (Fsp3) is 0.929. The first-order valence-corrected chi connectivity index (χ1v) is 7.40. The molecule has 2 saturated heterocycles. The van der Waals surface area contributed by atoms with Crippen molar-refractivity contribution in [3.05, 3.63) is 0 Å². The molecule has 3 nitrogen and oxygen atoms in total. The first-order chi connectivity index (χ1) is 8.36. The van der Waals surface area contributed by atoms with Gasteiger partial charge in [-0.25, -0.2) is 0 Å². The molecule has 2 heterocycles. The van der Waals surface area contributed by atoms with E-state index in [-0.39, 0.29) is 0 Å². The monoisotopic (exact) mass is 236 g/mol. The fourth-order valence-electron chi connectivity index (χ4n) is 3.93. The van der Waals surface area contributed by atoms with Gasteiger partial charge in [0, 0.05) is 24.5 Å². The molecule has 0 aromatic rings. The Kier molecular flexibility index (Phi) is 3.37. The molecule has 1 amide bonds. The second kappa shape index (κ2) is 4.97. The van der Waals surface area contributed by atoms with E-state index in [2.05, 4.69) is 10.2 Å². The van der Waals surface area contributed by atoms with E-state index in [0.717, 1.165) is 25.9 Å². The summed E-state index contributed by atoms with van der Waals surface area (Å²) < 4.78 is 0. The lowest BCUT2D eigenvalue weighted by molar-refractivity contribution is -0.136. The third kappa shape index (κ3) is 2.22. The number of nitrogens with zero attached hydrogens (tertiary/aromatic N) is 1. The fourth-order valence-corrected chi connectivity index (χ4v) is 3.93. The van der Waals surface area contributed by atoms with Gasteiger partial charge in [0.05, 0.1) is 0 Å². The van der Waals surface area contributed by atoms with Crippen molar-refractivity contribution >= 4 is 5.91 Å². The Balaban J connectivity index is 1.65. The number of likely N-dealkylation sites (tertiary alicyclic amines) is 1. The molecule has 2 aliphatic heterocycles. The molecule has 3 fully saturated rings. The van der Waals surface area contributed by atoms with Gasteiger partial charge < -0.3 is 10.2 Å². The van der Waals surface area contributed by atoms with Crippen molar-refractivity contribution < 1.29 is 4.79 Å². The van der Waals surface area contributed by atoms with Gasteiger partial charge in [0.25, 0.3) is 0 Å². The number of rotatable bonds is 2. The van der Waals surface area contributed by atoms with E-state index < -0.39 is 0 Å². The summed E-state index contributed by atoms with van der Waals surface area (Å²) in [5, 5.41) is 3.58. The largest absolute Gasteiger partial charge is 0.338 e. The Bertz CT molecular complexity index is 280. The number of nitrogens with one attached hydrogen (secondary N) is 1. The third-order valence-corrected chi connectivity index (χ3v) is 4.85. The normalized spacial score (nSPS) is 34.7. The lowest BCUT2D eigenvalue weighted by atomic mass is 10.0. The first-order valence-electron chi connectivity index (χ1n) is 7.40. The van der Waals surface area contributed by atoms with Gasteiger partial charge in [-0.1, -0.05) is 12.8 Å². The van der Waals surface area contributed by atoms with Crippen LogP contribution in [0.4, 0.5) is 0 Å². The van der Waals surface area contributed by atoms with Gasteiger partial charge in [0.2, 0.25) is 5.91 Å². The highest BCUT2D eigenvalue weighted by atomic mass is 16.2. The van der Waals surface area contributed by atoms with E-state index >= 15 is 0 Å². The van der Waals surface area contributed by atoms with Crippen molar-refractivity contribution in [1.29, 1.82) is 0 Å². The lowest BCUT2D eigenvalue weighted by Crippen LogP contribution is -2.48. The molecule has 0 aromatic heterocycles. The summed E-state index contributed by atoms with van der Waals surface area (Å²) in [5.74, 6) is 0.829. The van der Waals surface area contributed by atoms with Gasteiger partial charge in [-0.3, -0.25) is 4.79 Å². The predicted molar refractivity (Wildman–Crippen MR) is 67.7 cm³/mol. The van der Waals surface area contributed by atoms with Crippen LogP contribution in [0.3, 0.4) is 0 Å². The van der Waals surface area contributed by atoms with Gasteiger partial charge in [0.15, 0.2) is 0 Å². The van der Waals surface area contributed by atoms with Crippen LogP contribution in [-0.2, 0) is 4.79 Å². The van der Waals surface area contributed by atoms with Gasteiger partial charge in [0.1, 0.15) is 0 Å². The van der Waals surface area contributed by atoms with Crippen molar-refractivity contribution in [2.45, 2.75) is 63.5 Å².